The van der Waals surface area contributed by atoms with Crippen LogP contribution < -0.4 is 9.47 Å². The minimum Gasteiger partial charge on any atom is -0.485 e. The van der Waals surface area contributed by atoms with Gasteiger partial charge in [-0.3, -0.25) is 10.1 Å². The van der Waals surface area contributed by atoms with Crippen molar-refractivity contribution in [3.05, 3.63) is 99.6 Å². The highest BCUT2D eigenvalue weighted by molar-refractivity contribution is 5.88. The Hall–Kier alpha value is -4.34. The predicted molar refractivity (Wildman–Crippen MR) is 113 cm³/mol. The summed E-state index contributed by atoms with van der Waals surface area (Å²) in [6.45, 7) is -0.0618. The molecular weight excluding hydrogens is 443 g/mol. The van der Waals surface area contributed by atoms with Crippen molar-refractivity contribution in [3.8, 4) is 17.2 Å². The SMILES string of the molecule is O=C(O)c1cccc(Oc2ccc([N+](=O)[O-])cc2OC/C=C/c2ccc(C(F)(F)F)cc2)c1. The lowest BCUT2D eigenvalue weighted by Gasteiger charge is -2.12. The zero-order valence-electron chi connectivity index (χ0n) is 16.8. The Bertz CT molecular complexity index is 1190. The molecule has 3 rings (SSSR count). The third-order valence-electron chi connectivity index (χ3n) is 4.33. The van der Waals surface area contributed by atoms with Crippen LogP contribution in [0.4, 0.5) is 18.9 Å². The summed E-state index contributed by atoms with van der Waals surface area (Å²) in [4.78, 5) is 21.6. The maximum atomic E-state index is 12.6. The number of hydrogen-bond donors (Lipinski definition) is 1. The second kappa shape index (κ2) is 9.86. The molecule has 0 radical (unpaired) electrons. The number of halogens is 3. The molecule has 0 amide bonds. The molecule has 0 fully saturated rings. The molecule has 0 aromatic heterocycles. The molecule has 170 valence electrons. The van der Waals surface area contributed by atoms with Crippen LogP contribution in [0.15, 0.2) is 72.8 Å². The number of carboxylic acid groups (broad SMARTS) is 1. The van der Waals surface area contributed by atoms with E-state index in [9.17, 15) is 28.1 Å². The van der Waals surface area contributed by atoms with E-state index in [0.29, 0.717) is 5.56 Å². The zero-order valence-corrected chi connectivity index (χ0v) is 16.8. The van der Waals surface area contributed by atoms with Gasteiger partial charge in [0.05, 0.1) is 22.1 Å². The van der Waals surface area contributed by atoms with Gasteiger partial charge in [0, 0.05) is 6.07 Å². The molecule has 3 aromatic rings. The summed E-state index contributed by atoms with van der Waals surface area (Å²) < 4.78 is 49.1. The van der Waals surface area contributed by atoms with Crippen LogP contribution in [0.2, 0.25) is 0 Å². The Morgan fingerprint density at radius 3 is 2.39 bits per heavy atom. The van der Waals surface area contributed by atoms with Gasteiger partial charge >= 0.3 is 12.1 Å². The van der Waals surface area contributed by atoms with Gasteiger partial charge in [-0.2, -0.15) is 13.2 Å². The molecule has 0 aliphatic carbocycles. The quantitative estimate of drug-likeness (QED) is 0.318. The first-order chi connectivity index (χ1) is 15.6. The summed E-state index contributed by atoms with van der Waals surface area (Å²) in [6.07, 6.45) is -1.36. The number of nitro groups is 1. The monoisotopic (exact) mass is 459 g/mol. The highest BCUT2D eigenvalue weighted by Crippen LogP contribution is 2.35. The van der Waals surface area contributed by atoms with E-state index < -0.39 is 22.6 Å². The molecule has 0 aliphatic rings. The maximum absolute atomic E-state index is 12.6. The molecule has 33 heavy (non-hydrogen) atoms. The second-order valence-electron chi connectivity index (χ2n) is 6.66. The Morgan fingerprint density at radius 1 is 1.03 bits per heavy atom. The number of nitro benzene ring substituents is 1. The van der Waals surface area contributed by atoms with Gasteiger partial charge in [0.15, 0.2) is 11.5 Å². The van der Waals surface area contributed by atoms with E-state index in [0.717, 1.165) is 18.2 Å². The number of hydrogen-bond acceptors (Lipinski definition) is 5. The number of carboxylic acids is 1. The van der Waals surface area contributed by atoms with Crippen molar-refractivity contribution < 1.29 is 37.5 Å². The topological polar surface area (TPSA) is 98.9 Å². The Kier molecular flexibility index (Phi) is 6.97. The molecule has 10 heteroatoms. The van der Waals surface area contributed by atoms with E-state index in [1.807, 2.05) is 0 Å². The summed E-state index contributed by atoms with van der Waals surface area (Å²) >= 11 is 0. The van der Waals surface area contributed by atoms with Crippen molar-refractivity contribution in [2.75, 3.05) is 6.61 Å². The molecule has 0 heterocycles. The lowest BCUT2D eigenvalue weighted by Crippen LogP contribution is -2.04. The fourth-order valence-corrected chi connectivity index (χ4v) is 2.73. The van der Waals surface area contributed by atoms with Crippen molar-refractivity contribution in [1.29, 1.82) is 0 Å². The molecule has 0 bridgehead atoms. The number of non-ortho nitro benzene ring substituents is 1. The third-order valence-corrected chi connectivity index (χ3v) is 4.33. The highest BCUT2D eigenvalue weighted by atomic mass is 19.4. The zero-order chi connectivity index (χ0) is 24.0. The average molecular weight is 459 g/mol. The van der Waals surface area contributed by atoms with Gasteiger partial charge in [-0.25, -0.2) is 4.79 Å². The van der Waals surface area contributed by atoms with Gasteiger partial charge in [0.1, 0.15) is 12.4 Å². The van der Waals surface area contributed by atoms with Crippen molar-refractivity contribution in [2.45, 2.75) is 6.18 Å². The van der Waals surface area contributed by atoms with Crippen molar-refractivity contribution in [1.82, 2.24) is 0 Å². The fourth-order valence-electron chi connectivity index (χ4n) is 2.73. The predicted octanol–water partition coefficient (Wildman–Crippen LogP) is 6.20. The minimum atomic E-state index is -4.42. The summed E-state index contributed by atoms with van der Waals surface area (Å²) in [5, 5.41) is 20.2. The molecule has 3 aromatic carbocycles. The van der Waals surface area contributed by atoms with E-state index in [4.69, 9.17) is 14.6 Å². The molecular formula is C23H16F3NO6. The van der Waals surface area contributed by atoms with Gasteiger partial charge < -0.3 is 14.6 Å². The summed E-state index contributed by atoms with van der Waals surface area (Å²) in [5.74, 6) is -0.809. The van der Waals surface area contributed by atoms with E-state index in [-0.39, 0.29) is 35.1 Å². The Balaban J connectivity index is 1.75. The third kappa shape index (κ3) is 6.33. The number of aromatic carboxylic acids is 1. The molecule has 0 saturated carbocycles. The number of alkyl halides is 3. The van der Waals surface area contributed by atoms with Crippen molar-refractivity contribution >= 4 is 17.7 Å². The molecule has 0 atom stereocenters. The van der Waals surface area contributed by atoms with Crippen molar-refractivity contribution in [2.24, 2.45) is 0 Å². The van der Waals surface area contributed by atoms with Gasteiger partial charge in [-0.1, -0.05) is 24.3 Å². The van der Waals surface area contributed by atoms with Gasteiger partial charge in [0.25, 0.3) is 5.69 Å². The number of carbonyl (C=O) groups is 1. The summed E-state index contributed by atoms with van der Waals surface area (Å²) in [6, 6.07) is 13.9. The molecule has 7 nitrogen and oxygen atoms in total. The van der Waals surface area contributed by atoms with Crippen LogP contribution in [0.25, 0.3) is 6.08 Å². The smallest absolute Gasteiger partial charge is 0.416 e. The minimum absolute atomic E-state index is 0.00338. The summed E-state index contributed by atoms with van der Waals surface area (Å²) in [7, 11) is 0. The molecule has 0 spiro atoms. The van der Waals surface area contributed by atoms with Gasteiger partial charge in [-0.05, 0) is 48.0 Å². The highest BCUT2D eigenvalue weighted by Gasteiger charge is 2.29. The van der Waals surface area contributed by atoms with Crippen LogP contribution in [0, 0.1) is 10.1 Å². The first kappa shape index (κ1) is 23.3. The first-order valence-corrected chi connectivity index (χ1v) is 9.40. The van der Waals surface area contributed by atoms with Crippen LogP contribution in [0.1, 0.15) is 21.5 Å². The van der Waals surface area contributed by atoms with E-state index in [1.54, 1.807) is 0 Å². The van der Waals surface area contributed by atoms with E-state index in [1.165, 1.54) is 60.7 Å². The molecule has 1 N–H and O–H groups in total. The lowest BCUT2D eigenvalue weighted by molar-refractivity contribution is -0.385. The average Bonchev–Trinajstić information content (AvgIpc) is 2.77. The normalized spacial score (nSPS) is 11.4. The largest absolute Gasteiger partial charge is 0.485 e. The Labute approximate surface area is 185 Å². The second-order valence-corrected chi connectivity index (χ2v) is 6.66. The van der Waals surface area contributed by atoms with Crippen LogP contribution in [0.5, 0.6) is 17.2 Å². The van der Waals surface area contributed by atoms with E-state index in [2.05, 4.69) is 0 Å². The first-order valence-electron chi connectivity index (χ1n) is 9.40. The van der Waals surface area contributed by atoms with E-state index >= 15 is 0 Å². The molecule has 0 aliphatic heterocycles. The van der Waals surface area contributed by atoms with Crippen LogP contribution in [-0.2, 0) is 6.18 Å². The van der Waals surface area contributed by atoms with Crippen molar-refractivity contribution in [3.63, 3.8) is 0 Å². The van der Waals surface area contributed by atoms with Crippen LogP contribution in [0.3, 0.4) is 0 Å². The maximum Gasteiger partial charge on any atom is 0.416 e. The van der Waals surface area contributed by atoms with Crippen LogP contribution >= 0.6 is 0 Å². The number of rotatable bonds is 8. The lowest BCUT2D eigenvalue weighted by atomic mass is 10.1. The Morgan fingerprint density at radius 2 is 1.76 bits per heavy atom. The van der Waals surface area contributed by atoms with Crippen LogP contribution in [-0.4, -0.2) is 22.6 Å². The van der Waals surface area contributed by atoms with Gasteiger partial charge in [0.2, 0.25) is 0 Å². The standard InChI is InChI=1S/C23H16F3NO6/c24-23(25,26)17-8-6-15(7-9-17)3-2-12-32-21-14-18(27(30)31)10-11-20(21)33-19-5-1-4-16(13-19)22(28)29/h1-11,13-14H,12H2,(H,28,29)/b3-2+. The summed E-state index contributed by atoms with van der Waals surface area (Å²) in [5.41, 5.74) is -0.506. The number of benzene rings is 3. The molecule has 0 saturated heterocycles. The van der Waals surface area contributed by atoms with Gasteiger partial charge in [-0.15, -0.1) is 0 Å². The molecule has 0 unspecified atom stereocenters. The number of nitrogens with zero attached hydrogens (tertiary/aromatic N) is 1. The fraction of sp³-hybridized carbons (Fsp3) is 0.0870. The number of ether oxygens (including phenoxy) is 2.